The van der Waals surface area contributed by atoms with Gasteiger partial charge in [0.15, 0.2) is 0 Å². The van der Waals surface area contributed by atoms with Gasteiger partial charge in [-0.05, 0) is 19.0 Å². The number of unbranched alkanes of at least 4 members (excludes halogenated alkanes) is 1. The summed E-state index contributed by atoms with van der Waals surface area (Å²) in [5.41, 5.74) is 1.17. The summed E-state index contributed by atoms with van der Waals surface area (Å²) < 4.78 is 1.87. The van der Waals surface area contributed by atoms with Gasteiger partial charge in [-0.3, -0.25) is 4.68 Å². The van der Waals surface area contributed by atoms with E-state index in [0.29, 0.717) is 6.04 Å². The van der Waals surface area contributed by atoms with Crippen LogP contribution in [0.15, 0.2) is 12.3 Å². The van der Waals surface area contributed by atoms with Gasteiger partial charge >= 0.3 is 0 Å². The molecule has 80 valence electrons. The van der Waals surface area contributed by atoms with E-state index >= 15 is 0 Å². The van der Waals surface area contributed by atoms with Crippen molar-refractivity contribution in [1.82, 2.24) is 15.1 Å². The van der Waals surface area contributed by atoms with E-state index in [1.54, 1.807) is 0 Å². The average molecular weight is 195 g/mol. The van der Waals surface area contributed by atoms with Crippen LogP contribution in [-0.2, 0) is 7.05 Å². The lowest BCUT2D eigenvalue weighted by Gasteiger charge is -2.14. The second-order valence-electron chi connectivity index (χ2n) is 3.67. The monoisotopic (exact) mass is 195 g/mol. The molecule has 0 amide bonds. The molecule has 1 aromatic heterocycles. The minimum absolute atomic E-state index is 0.432. The molecule has 0 radical (unpaired) electrons. The third-order valence-electron chi connectivity index (χ3n) is 2.39. The molecule has 0 aliphatic rings. The third kappa shape index (κ3) is 3.14. The molecule has 1 rings (SSSR count). The zero-order valence-electron chi connectivity index (χ0n) is 9.45. The van der Waals surface area contributed by atoms with Gasteiger partial charge in [0.1, 0.15) is 0 Å². The van der Waals surface area contributed by atoms with Gasteiger partial charge in [-0.2, -0.15) is 5.10 Å². The fourth-order valence-corrected chi connectivity index (χ4v) is 1.63. The molecule has 1 atom stereocenters. The van der Waals surface area contributed by atoms with E-state index in [1.807, 2.05) is 17.9 Å². The summed E-state index contributed by atoms with van der Waals surface area (Å²) in [7, 11) is 1.96. The van der Waals surface area contributed by atoms with Crippen molar-refractivity contribution in [2.75, 3.05) is 6.54 Å². The molecular formula is C11H21N3. The average Bonchev–Trinajstić information content (AvgIpc) is 2.59. The Labute approximate surface area is 86.5 Å². The van der Waals surface area contributed by atoms with E-state index in [-0.39, 0.29) is 0 Å². The van der Waals surface area contributed by atoms with Crippen molar-refractivity contribution in [3.05, 3.63) is 18.0 Å². The molecule has 3 heteroatoms. The number of rotatable bonds is 6. The molecule has 0 spiro atoms. The first kappa shape index (κ1) is 11.2. The van der Waals surface area contributed by atoms with Crippen LogP contribution >= 0.6 is 0 Å². The van der Waals surface area contributed by atoms with Crippen LogP contribution in [0, 0.1) is 0 Å². The highest BCUT2D eigenvalue weighted by Gasteiger charge is 2.11. The molecule has 1 heterocycles. The highest BCUT2D eigenvalue weighted by molar-refractivity contribution is 5.05. The van der Waals surface area contributed by atoms with Crippen LogP contribution in [0.4, 0.5) is 0 Å². The SMILES string of the molecule is CCCCC(NCC)c1ccn(C)n1. The van der Waals surface area contributed by atoms with Crippen LogP contribution < -0.4 is 5.32 Å². The lowest BCUT2D eigenvalue weighted by atomic mass is 10.1. The molecular weight excluding hydrogens is 174 g/mol. The molecule has 14 heavy (non-hydrogen) atoms. The van der Waals surface area contributed by atoms with Crippen LogP contribution in [0.1, 0.15) is 44.8 Å². The Bertz CT molecular complexity index is 255. The maximum absolute atomic E-state index is 4.44. The third-order valence-corrected chi connectivity index (χ3v) is 2.39. The summed E-state index contributed by atoms with van der Waals surface area (Å²) in [6.45, 7) is 5.37. The minimum Gasteiger partial charge on any atom is -0.309 e. The predicted octanol–water partition coefficient (Wildman–Crippen LogP) is 2.26. The van der Waals surface area contributed by atoms with E-state index in [9.17, 15) is 0 Å². The molecule has 0 fully saturated rings. The fourth-order valence-electron chi connectivity index (χ4n) is 1.63. The van der Waals surface area contributed by atoms with Crippen LogP contribution in [0.5, 0.6) is 0 Å². The Balaban J connectivity index is 2.57. The van der Waals surface area contributed by atoms with Gasteiger partial charge in [0, 0.05) is 13.2 Å². The van der Waals surface area contributed by atoms with E-state index in [0.717, 1.165) is 6.54 Å². The fraction of sp³-hybridized carbons (Fsp3) is 0.727. The zero-order valence-corrected chi connectivity index (χ0v) is 9.45. The van der Waals surface area contributed by atoms with Crippen molar-refractivity contribution in [2.45, 2.75) is 39.2 Å². The van der Waals surface area contributed by atoms with Crippen LogP contribution in [0.3, 0.4) is 0 Å². The molecule has 0 bridgehead atoms. The first-order valence-electron chi connectivity index (χ1n) is 5.50. The van der Waals surface area contributed by atoms with E-state index in [2.05, 4.69) is 30.3 Å². The standard InChI is InChI=1S/C11H21N3/c1-4-6-7-10(12-5-2)11-8-9-14(3)13-11/h8-10,12H,4-7H2,1-3H3. The summed E-state index contributed by atoms with van der Waals surface area (Å²) in [5, 5.41) is 7.91. The van der Waals surface area contributed by atoms with Crippen LogP contribution in [0.25, 0.3) is 0 Å². The number of hydrogen-bond donors (Lipinski definition) is 1. The van der Waals surface area contributed by atoms with E-state index in [4.69, 9.17) is 0 Å². The summed E-state index contributed by atoms with van der Waals surface area (Å²) in [5.74, 6) is 0. The number of nitrogens with zero attached hydrogens (tertiary/aromatic N) is 2. The second-order valence-corrected chi connectivity index (χ2v) is 3.67. The maximum Gasteiger partial charge on any atom is 0.0793 e. The first-order chi connectivity index (χ1) is 6.77. The van der Waals surface area contributed by atoms with Crippen molar-refractivity contribution >= 4 is 0 Å². The first-order valence-corrected chi connectivity index (χ1v) is 5.50. The molecule has 1 N–H and O–H groups in total. The number of aromatic nitrogens is 2. The molecule has 1 aromatic rings. The van der Waals surface area contributed by atoms with Gasteiger partial charge in [0.25, 0.3) is 0 Å². The molecule has 3 nitrogen and oxygen atoms in total. The smallest absolute Gasteiger partial charge is 0.0793 e. The Hall–Kier alpha value is -0.830. The van der Waals surface area contributed by atoms with Crippen molar-refractivity contribution in [3.63, 3.8) is 0 Å². The molecule has 0 saturated heterocycles. The van der Waals surface area contributed by atoms with Crippen molar-refractivity contribution in [2.24, 2.45) is 7.05 Å². The normalized spacial score (nSPS) is 13.1. The van der Waals surface area contributed by atoms with Gasteiger partial charge in [-0.15, -0.1) is 0 Å². The summed E-state index contributed by atoms with van der Waals surface area (Å²) >= 11 is 0. The van der Waals surface area contributed by atoms with Crippen molar-refractivity contribution in [1.29, 1.82) is 0 Å². The Morgan fingerprint density at radius 1 is 1.50 bits per heavy atom. The van der Waals surface area contributed by atoms with Crippen molar-refractivity contribution < 1.29 is 0 Å². The number of hydrogen-bond acceptors (Lipinski definition) is 2. The van der Waals surface area contributed by atoms with Crippen LogP contribution in [-0.4, -0.2) is 16.3 Å². The molecule has 0 aromatic carbocycles. The second kappa shape index (κ2) is 5.81. The number of aryl methyl sites for hydroxylation is 1. The summed E-state index contributed by atoms with van der Waals surface area (Å²) in [6, 6.07) is 2.53. The highest BCUT2D eigenvalue weighted by atomic mass is 15.3. The summed E-state index contributed by atoms with van der Waals surface area (Å²) in [6.07, 6.45) is 5.69. The molecule has 1 unspecified atom stereocenters. The summed E-state index contributed by atoms with van der Waals surface area (Å²) in [4.78, 5) is 0. The predicted molar refractivity (Wildman–Crippen MR) is 59.2 cm³/mol. The van der Waals surface area contributed by atoms with Crippen molar-refractivity contribution in [3.8, 4) is 0 Å². The van der Waals surface area contributed by atoms with Crippen LogP contribution in [0.2, 0.25) is 0 Å². The van der Waals surface area contributed by atoms with E-state index < -0.39 is 0 Å². The van der Waals surface area contributed by atoms with Gasteiger partial charge in [-0.25, -0.2) is 0 Å². The lowest BCUT2D eigenvalue weighted by Crippen LogP contribution is -2.21. The van der Waals surface area contributed by atoms with Gasteiger partial charge in [0.2, 0.25) is 0 Å². The Morgan fingerprint density at radius 2 is 2.29 bits per heavy atom. The topological polar surface area (TPSA) is 29.9 Å². The number of nitrogens with one attached hydrogen (secondary N) is 1. The quantitative estimate of drug-likeness (QED) is 0.754. The Morgan fingerprint density at radius 3 is 2.79 bits per heavy atom. The molecule has 0 aliphatic carbocycles. The van der Waals surface area contributed by atoms with Gasteiger partial charge in [-0.1, -0.05) is 26.7 Å². The van der Waals surface area contributed by atoms with Gasteiger partial charge < -0.3 is 5.32 Å². The van der Waals surface area contributed by atoms with Gasteiger partial charge in [0.05, 0.1) is 11.7 Å². The highest BCUT2D eigenvalue weighted by Crippen LogP contribution is 2.16. The maximum atomic E-state index is 4.44. The molecule has 0 aliphatic heterocycles. The lowest BCUT2D eigenvalue weighted by molar-refractivity contribution is 0.479. The van der Waals surface area contributed by atoms with E-state index in [1.165, 1.54) is 25.0 Å². The molecule has 0 saturated carbocycles. The largest absolute Gasteiger partial charge is 0.309 e. The zero-order chi connectivity index (χ0) is 10.4. The Kier molecular flexibility index (Phi) is 4.66. The minimum atomic E-state index is 0.432.